The average molecular weight is 299 g/mol. The predicted octanol–water partition coefficient (Wildman–Crippen LogP) is 4.84. The largest absolute Gasteiger partial charge is 0.481 e. The molecule has 0 amide bonds. The summed E-state index contributed by atoms with van der Waals surface area (Å²) in [6.07, 6.45) is 6.98. The molecule has 1 N–H and O–H groups in total. The van der Waals surface area contributed by atoms with E-state index in [-0.39, 0.29) is 5.82 Å². The third-order valence-corrected chi connectivity index (χ3v) is 4.66. The molecule has 0 aromatic heterocycles. The normalized spacial score (nSPS) is 19.1. The van der Waals surface area contributed by atoms with Gasteiger partial charge in [0, 0.05) is 5.02 Å². The van der Waals surface area contributed by atoms with Gasteiger partial charge in [-0.05, 0) is 37.0 Å². The Balaban J connectivity index is 2.25. The van der Waals surface area contributed by atoms with Crippen molar-refractivity contribution >= 4 is 17.6 Å². The van der Waals surface area contributed by atoms with Gasteiger partial charge in [0.05, 0.1) is 5.41 Å². The summed E-state index contributed by atoms with van der Waals surface area (Å²) >= 11 is 6.06. The Kier molecular flexibility index (Phi) is 5.03. The van der Waals surface area contributed by atoms with Gasteiger partial charge in [-0.3, -0.25) is 4.79 Å². The molecule has 0 bridgehead atoms. The maximum atomic E-state index is 13.1. The van der Waals surface area contributed by atoms with Gasteiger partial charge in [-0.15, -0.1) is 0 Å². The minimum atomic E-state index is -0.750. The number of hydrogen-bond donors (Lipinski definition) is 1. The summed E-state index contributed by atoms with van der Waals surface area (Å²) in [5, 5.41) is 10.0. The Morgan fingerprint density at radius 1 is 1.20 bits per heavy atom. The molecular weight excluding hydrogens is 279 g/mol. The van der Waals surface area contributed by atoms with E-state index in [4.69, 9.17) is 11.6 Å². The molecule has 1 aliphatic rings. The third-order valence-electron chi connectivity index (χ3n) is 4.31. The number of hydrogen-bond acceptors (Lipinski definition) is 1. The van der Waals surface area contributed by atoms with Crippen LogP contribution < -0.4 is 0 Å². The predicted molar refractivity (Wildman–Crippen MR) is 77.5 cm³/mol. The van der Waals surface area contributed by atoms with Gasteiger partial charge in [0.15, 0.2) is 0 Å². The van der Waals surface area contributed by atoms with Gasteiger partial charge < -0.3 is 5.11 Å². The zero-order valence-electron chi connectivity index (χ0n) is 11.5. The lowest BCUT2D eigenvalue weighted by Crippen LogP contribution is -2.34. The monoisotopic (exact) mass is 298 g/mol. The van der Waals surface area contributed by atoms with Crippen molar-refractivity contribution in [3.63, 3.8) is 0 Å². The van der Waals surface area contributed by atoms with Crippen molar-refractivity contribution < 1.29 is 14.3 Å². The summed E-state index contributed by atoms with van der Waals surface area (Å²) in [5.41, 5.74) is -0.0157. The van der Waals surface area contributed by atoms with Gasteiger partial charge in [-0.1, -0.05) is 49.8 Å². The van der Waals surface area contributed by atoms with E-state index in [0.717, 1.165) is 31.2 Å². The van der Waals surface area contributed by atoms with Crippen molar-refractivity contribution in [2.45, 2.75) is 51.4 Å². The van der Waals surface area contributed by atoms with Crippen LogP contribution in [0.25, 0.3) is 0 Å². The first-order valence-corrected chi connectivity index (χ1v) is 7.59. The van der Waals surface area contributed by atoms with Crippen LogP contribution in [0, 0.1) is 11.2 Å². The van der Waals surface area contributed by atoms with Crippen molar-refractivity contribution in [2.75, 3.05) is 0 Å². The molecule has 1 aliphatic carbocycles. The lowest BCUT2D eigenvalue weighted by molar-refractivity contribution is -0.150. The highest BCUT2D eigenvalue weighted by atomic mass is 35.5. The Labute approximate surface area is 123 Å². The fraction of sp³-hybridized carbons (Fsp3) is 0.562. The standard InChI is InChI=1S/C16H20ClFO2/c17-14-10-13(18)7-6-12(14)11-16(15(19)20)8-4-2-1-3-5-9-16/h6-7,10H,1-5,8-9,11H2,(H,19,20). The quantitative estimate of drug-likeness (QED) is 0.867. The van der Waals surface area contributed by atoms with Gasteiger partial charge in [0.1, 0.15) is 5.82 Å². The van der Waals surface area contributed by atoms with Gasteiger partial charge in [-0.25, -0.2) is 4.39 Å². The molecule has 1 aromatic carbocycles. The average Bonchev–Trinajstić information content (AvgIpc) is 2.35. The zero-order valence-corrected chi connectivity index (χ0v) is 12.3. The number of aliphatic carboxylic acids is 1. The lowest BCUT2D eigenvalue weighted by atomic mass is 9.72. The number of rotatable bonds is 3. The molecule has 0 spiro atoms. The van der Waals surface area contributed by atoms with E-state index in [1.54, 1.807) is 6.07 Å². The van der Waals surface area contributed by atoms with E-state index < -0.39 is 11.4 Å². The molecule has 2 rings (SSSR count). The Bertz CT molecular complexity index is 479. The van der Waals surface area contributed by atoms with Gasteiger partial charge in [0.2, 0.25) is 0 Å². The molecule has 1 aromatic rings. The summed E-state index contributed by atoms with van der Waals surface area (Å²) < 4.78 is 13.1. The minimum Gasteiger partial charge on any atom is -0.481 e. The Morgan fingerprint density at radius 2 is 1.80 bits per heavy atom. The third kappa shape index (κ3) is 3.51. The molecule has 0 heterocycles. The first kappa shape index (κ1) is 15.3. The minimum absolute atomic E-state index is 0.327. The van der Waals surface area contributed by atoms with Crippen molar-refractivity contribution in [2.24, 2.45) is 5.41 Å². The molecule has 2 nitrogen and oxygen atoms in total. The summed E-state index contributed by atoms with van der Waals surface area (Å²) in [6, 6.07) is 4.22. The van der Waals surface area contributed by atoms with Crippen molar-refractivity contribution in [1.29, 1.82) is 0 Å². The van der Waals surface area contributed by atoms with Crippen LogP contribution in [-0.2, 0) is 11.2 Å². The first-order valence-electron chi connectivity index (χ1n) is 7.21. The number of carbonyl (C=O) groups is 1. The molecule has 0 aliphatic heterocycles. The van der Waals surface area contributed by atoms with E-state index in [9.17, 15) is 14.3 Å². The Hall–Kier alpha value is -1.09. The molecular formula is C16H20ClFO2. The van der Waals surface area contributed by atoms with Crippen molar-refractivity contribution in [3.8, 4) is 0 Å². The fourth-order valence-electron chi connectivity index (χ4n) is 3.08. The topological polar surface area (TPSA) is 37.3 Å². The fourth-order valence-corrected chi connectivity index (χ4v) is 3.31. The summed E-state index contributed by atoms with van der Waals surface area (Å²) in [7, 11) is 0. The molecule has 1 saturated carbocycles. The van der Waals surface area contributed by atoms with Crippen LogP contribution in [0.1, 0.15) is 50.5 Å². The molecule has 4 heteroatoms. The SMILES string of the molecule is O=C(O)C1(Cc2ccc(F)cc2Cl)CCCCCCC1. The van der Waals surface area contributed by atoms with Crippen molar-refractivity contribution in [1.82, 2.24) is 0 Å². The van der Waals surface area contributed by atoms with Crippen LogP contribution in [0.2, 0.25) is 5.02 Å². The lowest BCUT2D eigenvalue weighted by Gasteiger charge is -2.31. The van der Waals surface area contributed by atoms with Gasteiger partial charge in [-0.2, -0.15) is 0 Å². The van der Waals surface area contributed by atoms with E-state index in [2.05, 4.69) is 0 Å². The molecule has 0 unspecified atom stereocenters. The molecule has 110 valence electrons. The van der Waals surface area contributed by atoms with Crippen LogP contribution >= 0.6 is 11.6 Å². The summed E-state index contributed by atoms with van der Waals surface area (Å²) in [6.45, 7) is 0. The first-order chi connectivity index (χ1) is 9.53. The van der Waals surface area contributed by atoms with Crippen LogP contribution in [0.4, 0.5) is 4.39 Å². The second-order valence-corrected chi connectivity index (χ2v) is 6.17. The zero-order chi connectivity index (χ0) is 14.6. The van der Waals surface area contributed by atoms with Crippen LogP contribution in [-0.4, -0.2) is 11.1 Å². The van der Waals surface area contributed by atoms with Crippen LogP contribution in [0.3, 0.4) is 0 Å². The van der Waals surface area contributed by atoms with Crippen LogP contribution in [0.5, 0.6) is 0 Å². The molecule has 0 atom stereocenters. The highest BCUT2D eigenvalue weighted by Crippen LogP contribution is 2.39. The van der Waals surface area contributed by atoms with Gasteiger partial charge in [0.25, 0.3) is 0 Å². The van der Waals surface area contributed by atoms with Crippen molar-refractivity contribution in [3.05, 3.63) is 34.6 Å². The molecule has 1 fully saturated rings. The van der Waals surface area contributed by atoms with E-state index in [0.29, 0.717) is 24.3 Å². The molecule has 20 heavy (non-hydrogen) atoms. The number of halogens is 2. The second-order valence-electron chi connectivity index (χ2n) is 5.77. The summed E-state index contributed by atoms with van der Waals surface area (Å²) in [4.78, 5) is 11.8. The number of benzene rings is 1. The summed E-state index contributed by atoms with van der Waals surface area (Å²) in [5.74, 6) is -1.14. The Morgan fingerprint density at radius 3 is 2.35 bits per heavy atom. The van der Waals surface area contributed by atoms with E-state index >= 15 is 0 Å². The maximum absolute atomic E-state index is 13.1. The highest BCUT2D eigenvalue weighted by molar-refractivity contribution is 6.31. The highest BCUT2D eigenvalue weighted by Gasteiger charge is 2.38. The number of carboxylic acid groups (broad SMARTS) is 1. The van der Waals surface area contributed by atoms with E-state index in [1.807, 2.05) is 0 Å². The maximum Gasteiger partial charge on any atom is 0.309 e. The molecule has 0 radical (unpaired) electrons. The smallest absolute Gasteiger partial charge is 0.309 e. The molecule has 0 saturated heterocycles. The number of carboxylic acids is 1. The van der Waals surface area contributed by atoms with Gasteiger partial charge >= 0.3 is 5.97 Å². The second kappa shape index (κ2) is 6.57. The van der Waals surface area contributed by atoms with Crippen LogP contribution in [0.15, 0.2) is 18.2 Å². The van der Waals surface area contributed by atoms with E-state index in [1.165, 1.54) is 18.6 Å².